The minimum absolute atomic E-state index is 0.352. The van der Waals surface area contributed by atoms with Crippen molar-refractivity contribution < 1.29 is 34.4 Å². The van der Waals surface area contributed by atoms with Crippen LogP contribution >= 0.6 is 0 Å². The molecule has 0 aliphatic heterocycles. The summed E-state index contributed by atoms with van der Waals surface area (Å²) < 4.78 is 4.92. The summed E-state index contributed by atoms with van der Waals surface area (Å²) in [6, 6.07) is -1.13. The third kappa shape index (κ3) is 12.6. The summed E-state index contributed by atoms with van der Waals surface area (Å²) in [5, 5.41) is 24.3. The van der Waals surface area contributed by atoms with E-state index in [1.54, 1.807) is 20.8 Å². The van der Waals surface area contributed by atoms with Crippen LogP contribution in [0.4, 0.5) is 4.79 Å². The van der Waals surface area contributed by atoms with Crippen molar-refractivity contribution in [2.75, 3.05) is 20.2 Å². The number of aliphatic carboxylic acids is 2. The lowest BCUT2D eigenvalue weighted by atomic mass is 10.2. The molecule has 9 heteroatoms. The first-order valence-corrected chi connectivity index (χ1v) is 5.65. The smallest absolute Gasteiger partial charge is 0.410 e. The van der Waals surface area contributed by atoms with Crippen LogP contribution < -0.4 is 5.73 Å². The van der Waals surface area contributed by atoms with E-state index in [1.165, 1.54) is 7.05 Å². The van der Waals surface area contributed by atoms with Gasteiger partial charge >= 0.3 is 18.0 Å². The van der Waals surface area contributed by atoms with Crippen LogP contribution in [0, 0.1) is 0 Å². The number of nitrogens with zero attached hydrogens (tertiary/aromatic N) is 1. The second-order valence-electron chi connectivity index (χ2n) is 4.86. The molecular formula is C11H22N2O7. The summed E-state index contributed by atoms with van der Waals surface area (Å²) in [6.07, 6.45) is -0.630. The Labute approximate surface area is 116 Å². The Kier molecular flexibility index (Phi) is 9.30. The van der Waals surface area contributed by atoms with Gasteiger partial charge < -0.3 is 30.7 Å². The zero-order valence-electron chi connectivity index (χ0n) is 12.0. The van der Waals surface area contributed by atoms with Crippen LogP contribution in [0.5, 0.6) is 0 Å². The van der Waals surface area contributed by atoms with Crippen molar-refractivity contribution in [3.63, 3.8) is 0 Å². The minimum Gasteiger partial charge on any atom is -0.480 e. The van der Waals surface area contributed by atoms with Crippen LogP contribution in [0.15, 0.2) is 0 Å². The third-order valence-electron chi connectivity index (χ3n) is 1.59. The summed E-state index contributed by atoms with van der Waals surface area (Å²) in [5.74, 6) is -2.24. The second kappa shape index (κ2) is 9.10. The maximum Gasteiger partial charge on any atom is 0.410 e. The van der Waals surface area contributed by atoms with Gasteiger partial charge in [-0.15, -0.1) is 0 Å². The predicted molar refractivity (Wildman–Crippen MR) is 69.2 cm³/mol. The highest BCUT2D eigenvalue weighted by atomic mass is 16.6. The van der Waals surface area contributed by atoms with Crippen molar-refractivity contribution in [2.45, 2.75) is 32.4 Å². The summed E-state index contributed by atoms with van der Waals surface area (Å²) in [5.41, 5.74) is 4.17. The van der Waals surface area contributed by atoms with E-state index in [1.807, 2.05) is 0 Å². The molecule has 0 aromatic heterocycles. The fourth-order valence-corrected chi connectivity index (χ4v) is 0.685. The van der Waals surface area contributed by atoms with Crippen LogP contribution in [0.3, 0.4) is 0 Å². The van der Waals surface area contributed by atoms with E-state index in [0.717, 1.165) is 4.90 Å². The molecule has 0 rings (SSSR count). The van der Waals surface area contributed by atoms with Gasteiger partial charge in [0.05, 0.1) is 6.61 Å². The summed E-state index contributed by atoms with van der Waals surface area (Å²) >= 11 is 0. The first-order chi connectivity index (χ1) is 8.90. The third-order valence-corrected chi connectivity index (χ3v) is 1.59. The van der Waals surface area contributed by atoms with Crippen molar-refractivity contribution in [1.29, 1.82) is 0 Å². The van der Waals surface area contributed by atoms with Gasteiger partial charge in [-0.05, 0) is 20.8 Å². The molecule has 1 amide bonds. The molecule has 0 fully saturated rings. The summed E-state index contributed by atoms with van der Waals surface area (Å²) in [7, 11) is 1.38. The van der Waals surface area contributed by atoms with Crippen molar-refractivity contribution in [3.05, 3.63) is 0 Å². The molecule has 0 aliphatic carbocycles. The molecule has 9 nitrogen and oxygen atoms in total. The van der Waals surface area contributed by atoms with Gasteiger partial charge in [0, 0.05) is 7.05 Å². The first kappa shape index (κ1) is 20.4. The number of amides is 1. The normalized spacial score (nSPS) is 11.7. The lowest BCUT2D eigenvalue weighted by molar-refractivity contribution is -0.139. The Balaban J connectivity index is 0. The summed E-state index contributed by atoms with van der Waals surface area (Å²) in [4.78, 5) is 32.0. The van der Waals surface area contributed by atoms with Crippen molar-refractivity contribution in [2.24, 2.45) is 5.73 Å². The standard InChI is InChI=1S/C8H15NO4.C3H7NO3/c1-8(2,3)13-7(12)9(4)5-6(10)11;4-2(1-5)3(6)7/h5H2,1-4H3,(H,10,11);2,5H,1,4H2,(H,6,7)/t;2-/m.0/s1. The van der Waals surface area contributed by atoms with Crippen LogP contribution in [0.25, 0.3) is 0 Å². The fourth-order valence-electron chi connectivity index (χ4n) is 0.685. The van der Waals surface area contributed by atoms with Crippen molar-refractivity contribution in [1.82, 2.24) is 4.90 Å². The van der Waals surface area contributed by atoms with E-state index < -0.39 is 36.3 Å². The van der Waals surface area contributed by atoms with Crippen molar-refractivity contribution in [3.8, 4) is 0 Å². The second-order valence-corrected chi connectivity index (χ2v) is 4.86. The number of nitrogens with two attached hydrogens (primary N) is 1. The Morgan fingerprint density at radius 2 is 1.70 bits per heavy atom. The fraction of sp³-hybridized carbons (Fsp3) is 0.727. The molecule has 0 aromatic rings. The Morgan fingerprint density at radius 3 is 1.90 bits per heavy atom. The molecule has 0 unspecified atom stereocenters. The average molecular weight is 294 g/mol. The van der Waals surface area contributed by atoms with Gasteiger partial charge in [-0.3, -0.25) is 9.59 Å². The minimum atomic E-state index is -1.18. The molecule has 0 saturated heterocycles. The molecule has 0 bridgehead atoms. The zero-order chi connectivity index (χ0) is 16.5. The Morgan fingerprint density at radius 1 is 1.25 bits per heavy atom. The topological polar surface area (TPSA) is 150 Å². The largest absolute Gasteiger partial charge is 0.480 e. The molecule has 0 spiro atoms. The number of carbonyl (C=O) groups excluding carboxylic acids is 1. The lowest BCUT2D eigenvalue weighted by Gasteiger charge is -2.23. The number of aliphatic hydroxyl groups is 1. The summed E-state index contributed by atoms with van der Waals surface area (Å²) in [6.45, 7) is 4.31. The molecule has 1 atom stereocenters. The van der Waals surface area contributed by atoms with Gasteiger partial charge in [0.15, 0.2) is 0 Å². The zero-order valence-corrected chi connectivity index (χ0v) is 12.0. The highest BCUT2D eigenvalue weighted by Crippen LogP contribution is 2.08. The quantitative estimate of drug-likeness (QED) is 0.533. The number of carboxylic acid groups (broad SMARTS) is 2. The van der Waals surface area contributed by atoms with Crippen LogP contribution in [-0.4, -0.2) is 70.1 Å². The molecule has 5 N–H and O–H groups in total. The van der Waals surface area contributed by atoms with E-state index in [-0.39, 0.29) is 6.54 Å². The van der Waals surface area contributed by atoms with Crippen molar-refractivity contribution >= 4 is 18.0 Å². The number of likely N-dealkylation sites (N-methyl/N-ethyl adjacent to an activating group) is 1. The van der Waals surface area contributed by atoms with Gasteiger partial charge in [0.25, 0.3) is 0 Å². The van der Waals surface area contributed by atoms with E-state index in [0.29, 0.717) is 0 Å². The molecule has 0 heterocycles. The van der Waals surface area contributed by atoms with E-state index >= 15 is 0 Å². The monoisotopic (exact) mass is 294 g/mol. The van der Waals surface area contributed by atoms with E-state index in [4.69, 9.17) is 25.8 Å². The molecule has 0 radical (unpaired) electrons. The number of hydrogen-bond acceptors (Lipinski definition) is 6. The van der Waals surface area contributed by atoms with Gasteiger partial charge in [0.2, 0.25) is 0 Å². The number of hydrogen-bond donors (Lipinski definition) is 4. The number of carboxylic acids is 2. The maximum atomic E-state index is 11.1. The predicted octanol–water partition coefficient (Wildman–Crippen LogP) is -0.671. The van der Waals surface area contributed by atoms with Gasteiger partial charge in [-0.25, -0.2) is 4.79 Å². The van der Waals surface area contributed by atoms with Gasteiger partial charge in [0.1, 0.15) is 18.2 Å². The van der Waals surface area contributed by atoms with Crippen LogP contribution in [0.2, 0.25) is 0 Å². The average Bonchev–Trinajstić information content (AvgIpc) is 2.25. The highest BCUT2D eigenvalue weighted by Gasteiger charge is 2.20. The molecule has 118 valence electrons. The van der Waals surface area contributed by atoms with E-state index in [9.17, 15) is 14.4 Å². The molecule has 0 saturated carbocycles. The molecule has 20 heavy (non-hydrogen) atoms. The molecule has 0 aliphatic rings. The molecular weight excluding hydrogens is 272 g/mol. The highest BCUT2D eigenvalue weighted by molar-refractivity contribution is 5.76. The van der Waals surface area contributed by atoms with Crippen LogP contribution in [0.1, 0.15) is 20.8 Å². The van der Waals surface area contributed by atoms with Gasteiger partial charge in [-0.1, -0.05) is 0 Å². The Bertz CT molecular complexity index is 338. The number of ether oxygens (including phenoxy) is 1. The molecule has 0 aromatic carbocycles. The van der Waals surface area contributed by atoms with E-state index in [2.05, 4.69) is 0 Å². The van der Waals surface area contributed by atoms with Gasteiger partial charge in [-0.2, -0.15) is 0 Å². The van der Waals surface area contributed by atoms with Crippen LogP contribution in [-0.2, 0) is 14.3 Å². The first-order valence-electron chi connectivity index (χ1n) is 5.65. The lowest BCUT2D eigenvalue weighted by Crippen LogP contribution is -2.37. The SMILES string of the molecule is CN(CC(=O)O)C(=O)OC(C)(C)C.N[C@@H](CO)C(=O)O. The number of aliphatic hydroxyl groups excluding tert-OH is 1. The number of carbonyl (C=O) groups is 3. The maximum absolute atomic E-state index is 11.1. The number of rotatable bonds is 4. The Hall–Kier alpha value is -1.87.